The minimum absolute atomic E-state index is 0.0141. The lowest BCUT2D eigenvalue weighted by Gasteiger charge is -2.38. The maximum atomic E-state index is 13.2. The van der Waals surface area contributed by atoms with Crippen LogP contribution >= 0.6 is 0 Å². The SMILES string of the molecule is COCCCOc1cc(COC2CN(C(=O)OCc3ccccc3)CCC2c2ccc(OCCCOCc3ccccc3OC)cc2)ccc1C(N)=O. The van der Waals surface area contributed by atoms with Gasteiger partial charge in [-0.25, -0.2) is 4.79 Å². The Balaban J connectivity index is 1.20. The summed E-state index contributed by atoms with van der Waals surface area (Å²) in [6.45, 7) is 3.79. The number of piperidine rings is 1. The van der Waals surface area contributed by atoms with Crippen molar-refractivity contribution in [2.24, 2.45) is 5.73 Å². The fourth-order valence-electron chi connectivity index (χ4n) is 6.18. The molecule has 4 aromatic carbocycles. The summed E-state index contributed by atoms with van der Waals surface area (Å²) in [5.41, 5.74) is 9.76. The Hall–Kier alpha value is -5.10. The maximum absolute atomic E-state index is 13.2. The largest absolute Gasteiger partial charge is 0.496 e. The summed E-state index contributed by atoms with van der Waals surface area (Å²) < 4.78 is 40.5. The van der Waals surface area contributed by atoms with Crippen molar-refractivity contribution in [1.82, 2.24) is 4.90 Å². The van der Waals surface area contributed by atoms with Gasteiger partial charge in [0.1, 0.15) is 23.9 Å². The molecule has 11 nitrogen and oxygen atoms in total. The monoisotopic (exact) mass is 726 g/mol. The van der Waals surface area contributed by atoms with Gasteiger partial charge in [0, 0.05) is 44.6 Å². The van der Waals surface area contributed by atoms with Crippen LogP contribution in [0.4, 0.5) is 4.79 Å². The molecule has 5 rings (SSSR count). The van der Waals surface area contributed by atoms with Gasteiger partial charge >= 0.3 is 6.09 Å². The number of rotatable bonds is 20. The molecule has 1 aliphatic rings. The first kappa shape index (κ1) is 39.1. The van der Waals surface area contributed by atoms with Crippen LogP contribution in [0.15, 0.2) is 97.1 Å². The second kappa shape index (κ2) is 20.8. The molecule has 1 fully saturated rings. The van der Waals surface area contributed by atoms with Gasteiger partial charge in [0.2, 0.25) is 0 Å². The van der Waals surface area contributed by atoms with E-state index in [4.69, 9.17) is 38.9 Å². The molecule has 1 saturated heterocycles. The van der Waals surface area contributed by atoms with Crippen LogP contribution in [-0.2, 0) is 38.8 Å². The predicted octanol–water partition coefficient (Wildman–Crippen LogP) is 6.91. The van der Waals surface area contributed by atoms with Gasteiger partial charge in [-0.3, -0.25) is 4.79 Å². The summed E-state index contributed by atoms with van der Waals surface area (Å²) >= 11 is 0. The molecule has 53 heavy (non-hydrogen) atoms. The lowest BCUT2D eigenvalue weighted by Crippen LogP contribution is -2.47. The topological polar surface area (TPSA) is 128 Å². The normalized spacial score (nSPS) is 15.5. The van der Waals surface area contributed by atoms with E-state index in [-0.39, 0.29) is 31.3 Å². The van der Waals surface area contributed by atoms with Crippen LogP contribution in [0.3, 0.4) is 0 Å². The molecule has 0 radical (unpaired) electrons. The summed E-state index contributed by atoms with van der Waals surface area (Å²) in [6, 6.07) is 30.7. The first-order chi connectivity index (χ1) is 25.9. The maximum Gasteiger partial charge on any atom is 0.410 e. The Morgan fingerprint density at radius 1 is 0.755 bits per heavy atom. The summed E-state index contributed by atoms with van der Waals surface area (Å²) in [5, 5.41) is 0. The van der Waals surface area contributed by atoms with E-state index in [1.165, 1.54) is 0 Å². The van der Waals surface area contributed by atoms with Crippen LogP contribution in [-0.4, -0.2) is 76.7 Å². The number of ether oxygens (including phenoxy) is 7. The quantitative estimate of drug-likeness (QED) is 0.0967. The number of carbonyl (C=O) groups excluding carboxylic acids is 2. The minimum Gasteiger partial charge on any atom is -0.496 e. The molecule has 1 aliphatic heterocycles. The molecule has 282 valence electrons. The van der Waals surface area contributed by atoms with Gasteiger partial charge in [0.05, 0.1) is 58.4 Å². The van der Waals surface area contributed by atoms with Crippen molar-refractivity contribution in [3.63, 3.8) is 0 Å². The van der Waals surface area contributed by atoms with Crippen molar-refractivity contribution in [3.8, 4) is 17.2 Å². The van der Waals surface area contributed by atoms with Gasteiger partial charge in [0.15, 0.2) is 0 Å². The molecular weight excluding hydrogens is 676 g/mol. The van der Waals surface area contributed by atoms with Crippen LogP contribution in [0, 0.1) is 0 Å². The van der Waals surface area contributed by atoms with Crippen molar-refractivity contribution in [1.29, 1.82) is 0 Å². The highest BCUT2D eigenvalue weighted by atomic mass is 16.6. The zero-order valence-electron chi connectivity index (χ0n) is 30.6. The van der Waals surface area contributed by atoms with E-state index in [2.05, 4.69) is 12.1 Å². The molecule has 0 spiro atoms. The fourth-order valence-corrected chi connectivity index (χ4v) is 6.18. The van der Waals surface area contributed by atoms with Gasteiger partial charge in [-0.05, 0) is 53.4 Å². The number of nitrogens with two attached hydrogens (primary N) is 1. The second-order valence-corrected chi connectivity index (χ2v) is 12.8. The van der Waals surface area contributed by atoms with Crippen molar-refractivity contribution in [3.05, 3.63) is 125 Å². The van der Waals surface area contributed by atoms with Crippen LogP contribution in [0.2, 0.25) is 0 Å². The van der Waals surface area contributed by atoms with Crippen LogP contribution < -0.4 is 19.9 Å². The van der Waals surface area contributed by atoms with Gasteiger partial charge in [-0.1, -0.05) is 66.7 Å². The predicted molar refractivity (Wildman–Crippen MR) is 200 cm³/mol. The molecule has 4 aromatic rings. The highest BCUT2D eigenvalue weighted by molar-refractivity contribution is 5.95. The van der Waals surface area contributed by atoms with E-state index in [1.54, 1.807) is 31.3 Å². The molecule has 2 N–H and O–H groups in total. The molecule has 0 saturated carbocycles. The second-order valence-electron chi connectivity index (χ2n) is 12.8. The van der Waals surface area contributed by atoms with Gasteiger partial charge in [-0.15, -0.1) is 0 Å². The number of primary amides is 1. The zero-order valence-corrected chi connectivity index (χ0v) is 30.6. The third-order valence-electron chi connectivity index (χ3n) is 9.01. The summed E-state index contributed by atoms with van der Waals surface area (Å²) in [4.78, 5) is 27.0. The van der Waals surface area contributed by atoms with E-state index in [1.807, 2.05) is 72.8 Å². The Bertz CT molecular complexity index is 1720. The highest BCUT2D eigenvalue weighted by Crippen LogP contribution is 2.33. The van der Waals surface area contributed by atoms with E-state index >= 15 is 0 Å². The molecule has 1 heterocycles. The third kappa shape index (κ3) is 12.0. The molecule has 2 amide bonds. The molecule has 0 bridgehead atoms. The van der Waals surface area contributed by atoms with Crippen molar-refractivity contribution in [2.75, 3.05) is 53.7 Å². The molecular formula is C42H50N2O9. The molecule has 2 atom stereocenters. The number of para-hydroxylation sites is 1. The van der Waals surface area contributed by atoms with E-state index in [0.29, 0.717) is 70.3 Å². The summed E-state index contributed by atoms with van der Waals surface area (Å²) in [6.07, 6.45) is 1.38. The lowest BCUT2D eigenvalue weighted by molar-refractivity contribution is -0.0246. The number of benzene rings is 4. The molecule has 0 aliphatic carbocycles. The zero-order chi connectivity index (χ0) is 37.3. The lowest BCUT2D eigenvalue weighted by atomic mass is 9.87. The molecule has 2 unspecified atom stereocenters. The van der Waals surface area contributed by atoms with E-state index in [0.717, 1.165) is 40.2 Å². The number of nitrogens with zero attached hydrogens (tertiary/aromatic N) is 1. The number of hydrogen-bond donors (Lipinski definition) is 1. The van der Waals surface area contributed by atoms with Gasteiger partial charge in [-0.2, -0.15) is 0 Å². The summed E-state index contributed by atoms with van der Waals surface area (Å²) in [7, 11) is 3.28. The first-order valence-corrected chi connectivity index (χ1v) is 18.0. The average molecular weight is 727 g/mol. The van der Waals surface area contributed by atoms with Crippen molar-refractivity contribution >= 4 is 12.0 Å². The first-order valence-electron chi connectivity index (χ1n) is 18.0. The average Bonchev–Trinajstić information content (AvgIpc) is 3.19. The van der Waals surface area contributed by atoms with Crippen LogP contribution in [0.1, 0.15) is 57.8 Å². The number of hydrogen-bond acceptors (Lipinski definition) is 9. The van der Waals surface area contributed by atoms with Gasteiger partial charge < -0.3 is 43.8 Å². The van der Waals surface area contributed by atoms with Crippen molar-refractivity contribution < 1.29 is 42.7 Å². The Kier molecular flexibility index (Phi) is 15.4. The fraction of sp³-hybridized carbons (Fsp3) is 0.381. The van der Waals surface area contributed by atoms with Crippen LogP contribution in [0.25, 0.3) is 0 Å². The van der Waals surface area contributed by atoms with Crippen LogP contribution in [0.5, 0.6) is 17.2 Å². The highest BCUT2D eigenvalue weighted by Gasteiger charge is 2.34. The number of amides is 2. The Morgan fingerprint density at radius 2 is 1.51 bits per heavy atom. The molecule has 0 aromatic heterocycles. The minimum atomic E-state index is -0.568. The Morgan fingerprint density at radius 3 is 2.28 bits per heavy atom. The number of carbonyl (C=O) groups is 2. The van der Waals surface area contributed by atoms with E-state index < -0.39 is 5.91 Å². The third-order valence-corrected chi connectivity index (χ3v) is 9.01. The number of likely N-dealkylation sites (tertiary alicyclic amines) is 1. The standard InChI is InChI=1S/C42H50N2O9/c1-47-22-8-25-51-39-26-32(14-19-37(39)41(43)45)29-52-40-27-44(42(46)53-28-31-10-4-3-5-11-31)21-20-36(40)33-15-17-35(18-16-33)50-24-9-23-49-30-34-12-6-7-13-38(34)48-2/h3-7,10-19,26,36,40H,8-9,20-25,27-30H2,1-2H3,(H2,43,45). The Labute approximate surface area is 311 Å². The smallest absolute Gasteiger partial charge is 0.410 e. The van der Waals surface area contributed by atoms with Gasteiger partial charge in [0.25, 0.3) is 5.91 Å². The van der Waals surface area contributed by atoms with Crippen molar-refractivity contribution in [2.45, 2.75) is 51.1 Å². The number of methoxy groups -OCH3 is 2. The molecule has 11 heteroatoms. The van der Waals surface area contributed by atoms with E-state index in [9.17, 15) is 9.59 Å². The summed E-state index contributed by atoms with van der Waals surface area (Å²) in [5.74, 6) is 1.43.